The fourth-order valence-corrected chi connectivity index (χ4v) is 1.39. The highest BCUT2D eigenvalue weighted by atomic mass is 16.5. The van der Waals surface area contributed by atoms with Crippen molar-refractivity contribution in [3.05, 3.63) is 5.21 Å². The van der Waals surface area contributed by atoms with Crippen LogP contribution in [0.15, 0.2) is 0 Å². The molecule has 0 spiro atoms. The summed E-state index contributed by atoms with van der Waals surface area (Å²) in [6.45, 7) is 5.60. The Labute approximate surface area is 68.6 Å². The van der Waals surface area contributed by atoms with Gasteiger partial charge in [0, 0.05) is 13.2 Å². The summed E-state index contributed by atoms with van der Waals surface area (Å²) in [6, 6.07) is 0. The molecule has 1 aliphatic rings. The minimum atomic E-state index is 0.629. The van der Waals surface area contributed by atoms with E-state index in [9.17, 15) is 5.21 Å². The van der Waals surface area contributed by atoms with Crippen molar-refractivity contribution in [3.8, 4) is 0 Å². The van der Waals surface area contributed by atoms with Crippen LogP contribution in [0.2, 0.25) is 0 Å². The Kier molecular flexibility index (Phi) is 3.83. The van der Waals surface area contributed by atoms with Crippen LogP contribution in [0.1, 0.15) is 26.2 Å². The Hall–Kier alpha value is -0.120. The van der Waals surface area contributed by atoms with Crippen molar-refractivity contribution < 1.29 is 0 Å². The minimum Gasteiger partial charge on any atom is -0.784 e. The smallest absolute Gasteiger partial charge is 0.0392 e. The Morgan fingerprint density at radius 1 is 1.27 bits per heavy atom. The lowest BCUT2D eigenvalue weighted by Crippen LogP contribution is -2.23. The molecule has 0 N–H and O–H groups in total. The van der Waals surface area contributed by atoms with Crippen LogP contribution in [-0.2, 0) is 0 Å². The molecule has 0 aromatic rings. The molecule has 0 unspecified atom stereocenters. The summed E-state index contributed by atoms with van der Waals surface area (Å²) < 4.78 is 0. The van der Waals surface area contributed by atoms with E-state index in [0.29, 0.717) is 13.2 Å². The fourth-order valence-electron chi connectivity index (χ4n) is 1.39. The molecular weight excluding hydrogens is 140 g/mol. The van der Waals surface area contributed by atoms with Gasteiger partial charge in [0.1, 0.15) is 0 Å². The summed E-state index contributed by atoms with van der Waals surface area (Å²) in [6.07, 6.45) is 3.79. The maximum absolute atomic E-state index is 10.8. The Bertz CT molecular complexity index is 108. The Morgan fingerprint density at radius 2 is 2.09 bits per heavy atom. The lowest BCUT2D eigenvalue weighted by atomic mass is 10.2. The molecule has 3 heteroatoms. The van der Waals surface area contributed by atoms with Gasteiger partial charge >= 0.3 is 0 Å². The molecule has 0 aromatic heterocycles. The molecule has 0 amide bonds. The summed E-state index contributed by atoms with van der Waals surface area (Å²) >= 11 is 0. The molecule has 0 atom stereocenters. The second-order valence-electron chi connectivity index (χ2n) is 3.17. The number of hydroxylamine groups is 2. The van der Waals surface area contributed by atoms with Gasteiger partial charge in [-0.2, -0.15) is 0 Å². The van der Waals surface area contributed by atoms with Gasteiger partial charge in [-0.15, -0.1) is 0 Å². The van der Waals surface area contributed by atoms with Crippen LogP contribution >= 0.6 is 0 Å². The molecule has 1 saturated heterocycles. The third kappa shape index (κ3) is 3.18. The van der Waals surface area contributed by atoms with Crippen LogP contribution < -0.4 is 0 Å². The van der Waals surface area contributed by atoms with Gasteiger partial charge < -0.3 is 10.3 Å². The van der Waals surface area contributed by atoms with E-state index in [2.05, 4.69) is 11.8 Å². The molecule has 1 fully saturated rings. The largest absolute Gasteiger partial charge is 0.784 e. The van der Waals surface area contributed by atoms with Crippen LogP contribution in [0.3, 0.4) is 0 Å². The van der Waals surface area contributed by atoms with Crippen molar-refractivity contribution in [1.82, 2.24) is 9.96 Å². The molecule has 11 heavy (non-hydrogen) atoms. The molecule has 3 nitrogen and oxygen atoms in total. The van der Waals surface area contributed by atoms with Crippen molar-refractivity contribution in [2.24, 2.45) is 0 Å². The molecule has 0 aromatic carbocycles. The Balaban J connectivity index is 1.99. The monoisotopic (exact) mass is 157 g/mol. The highest BCUT2D eigenvalue weighted by Crippen LogP contribution is 2.04. The van der Waals surface area contributed by atoms with E-state index >= 15 is 0 Å². The lowest BCUT2D eigenvalue weighted by molar-refractivity contribution is 0.284. The summed E-state index contributed by atoms with van der Waals surface area (Å²) in [5.74, 6) is 0. The van der Waals surface area contributed by atoms with Gasteiger partial charge in [-0.3, -0.25) is 4.90 Å². The second kappa shape index (κ2) is 4.70. The first kappa shape index (κ1) is 8.97. The average Bonchev–Trinajstić information content (AvgIpc) is 2.37. The summed E-state index contributed by atoms with van der Waals surface area (Å²) in [4.78, 5) is 2.22. The van der Waals surface area contributed by atoms with E-state index in [1.165, 1.54) is 19.3 Å². The number of nitrogens with zero attached hydrogens (tertiary/aromatic N) is 2. The van der Waals surface area contributed by atoms with Crippen molar-refractivity contribution in [2.45, 2.75) is 26.2 Å². The van der Waals surface area contributed by atoms with Crippen molar-refractivity contribution in [2.75, 3.05) is 26.3 Å². The third-order valence-electron chi connectivity index (χ3n) is 2.10. The van der Waals surface area contributed by atoms with Crippen LogP contribution in [0.4, 0.5) is 0 Å². The molecule has 0 radical (unpaired) electrons. The van der Waals surface area contributed by atoms with Crippen molar-refractivity contribution in [3.63, 3.8) is 0 Å². The quantitative estimate of drug-likeness (QED) is 0.575. The van der Waals surface area contributed by atoms with Gasteiger partial charge in [-0.05, 0) is 19.5 Å². The first-order chi connectivity index (χ1) is 5.33. The highest BCUT2D eigenvalue weighted by Gasteiger charge is 2.11. The van der Waals surface area contributed by atoms with Gasteiger partial charge in [0.25, 0.3) is 0 Å². The van der Waals surface area contributed by atoms with Crippen LogP contribution in [0.5, 0.6) is 0 Å². The van der Waals surface area contributed by atoms with E-state index < -0.39 is 0 Å². The van der Waals surface area contributed by atoms with Crippen LogP contribution in [0.25, 0.3) is 0 Å². The summed E-state index contributed by atoms with van der Waals surface area (Å²) in [7, 11) is 0. The van der Waals surface area contributed by atoms with E-state index in [0.717, 1.165) is 18.2 Å². The molecule has 1 aliphatic heterocycles. The molecule has 0 aliphatic carbocycles. The molecular formula is C8H17N2O-. The summed E-state index contributed by atoms with van der Waals surface area (Å²) in [5.41, 5.74) is 0. The molecule has 1 rings (SSSR count). The third-order valence-corrected chi connectivity index (χ3v) is 2.10. The predicted octanol–water partition coefficient (Wildman–Crippen LogP) is 1.25. The Morgan fingerprint density at radius 3 is 2.64 bits per heavy atom. The van der Waals surface area contributed by atoms with E-state index in [1.807, 2.05) is 0 Å². The minimum absolute atomic E-state index is 0.629. The average molecular weight is 157 g/mol. The highest BCUT2D eigenvalue weighted by molar-refractivity contribution is 4.70. The van der Waals surface area contributed by atoms with Gasteiger partial charge in [-0.25, -0.2) is 0 Å². The zero-order chi connectivity index (χ0) is 8.10. The van der Waals surface area contributed by atoms with Gasteiger partial charge in [0.15, 0.2) is 0 Å². The SMILES string of the molecule is CCCCCN1CCN([O-])C1. The first-order valence-electron chi connectivity index (χ1n) is 4.47. The molecule has 0 saturated carbocycles. The zero-order valence-corrected chi connectivity index (χ0v) is 7.25. The summed E-state index contributed by atoms with van der Waals surface area (Å²) in [5, 5.41) is 11.9. The van der Waals surface area contributed by atoms with Crippen LogP contribution in [-0.4, -0.2) is 36.3 Å². The van der Waals surface area contributed by atoms with Crippen molar-refractivity contribution >= 4 is 0 Å². The zero-order valence-electron chi connectivity index (χ0n) is 7.25. The fraction of sp³-hybridized carbons (Fsp3) is 1.00. The normalized spacial score (nSPS) is 21.3. The number of hydrogen-bond donors (Lipinski definition) is 0. The van der Waals surface area contributed by atoms with Gasteiger partial charge in [0.05, 0.1) is 0 Å². The number of hydrogen-bond acceptors (Lipinski definition) is 3. The van der Waals surface area contributed by atoms with E-state index in [4.69, 9.17) is 0 Å². The molecule has 0 bridgehead atoms. The van der Waals surface area contributed by atoms with Gasteiger partial charge in [-0.1, -0.05) is 19.8 Å². The van der Waals surface area contributed by atoms with Crippen LogP contribution in [0, 0.1) is 5.21 Å². The predicted molar refractivity (Wildman–Crippen MR) is 46.0 cm³/mol. The van der Waals surface area contributed by atoms with E-state index in [-0.39, 0.29) is 0 Å². The van der Waals surface area contributed by atoms with Gasteiger partial charge in [0.2, 0.25) is 0 Å². The van der Waals surface area contributed by atoms with E-state index in [1.54, 1.807) is 0 Å². The number of unbranched alkanes of at least 4 members (excludes halogenated alkanes) is 2. The molecule has 66 valence electrons. The topological polar surface area (TPSA) is 29.5 Å². The second-order valence-corrected chi connectivity index (χ2v) is 3.17. The first-order valence-corrected chi connectivity index (χ1v) is 4.47. The number of rotatable bonds is 4. The molecule has 1 heterocycles. The maximum Gasteiger partial charge on any atom is 0.0392 e. The standard InChI is InChI=1S/C8H17N2O/c1-2-3-4-5-9-6-7-10(11)8-9/h2-8H2,1H3/q-1. The van der Waals surface area contributed by atoms with Crippen molar-refractivity contribution in [1.29, 1.82) is 0 Å². The lowest BCUT2D eigenvalue weighted by Gasteiger charge is -2.21. The maximum atomic E-state index is 10.8.